The van der Waals surface area contributed by atoms with Gasteiger partial charge in [0.1, 0.15) is 6.04 Å². The lowest BCUT2D eigenvalue weighted by molar-refractivity contribution is -0.141. The zero-order valence-corrected chi connectivity index (χ0v) is 11.0. The minimum atomic E-state index is -1.15. The van der Waals surface area contributed by atoms with Gasteiger partial charge < -0.3 is 20.2 Å². The zero-order valence-electron chi connectivity index (χ0n) is 9.40. The molecule has 0 radical (unpaired) electrons. The van der Waals surface area contributed by atoms with Gasteiger partial charge in [0, 0.05) is 0 Å². The molecule has 98 valence electrons. The monoisotopic (exact) mass is 318 g/mol. The topological polar surface area (TPSA) is 109 Å². The number of hydrogen-bond donors (Lipinski definition) is 3. The number of nitrogens with one attached hydrogen (secondary N) is 2. The van der Waals surface area contributed by atoms with Gasteiger partial charge in [-0.2, -0.15) is 0 Å². The molecule has 8 heteroatoms. The molecule has 0 spiro atoms. The standard InChI is InChI=1S/C10H11BrN2O5/c1-5(10(16)17)13-8(14)4-12-9(15)6-2-3-7(11)18-6/h2-3,5H,4H2,1H3,(H,12,15)(H,13,14)(H,16,17)/t5-/m0/s1. The molecule has 0 aliphatic carbocycles. The first kappa shape index (κ1) is 14.2. The van der Waals surface area contributed by atoms with Crippen molar-refractivity contribution in [1.29, 1.82) is 0 Å². The lowest BCUT2D eigenvalue weighted by atomic mass is 10.3. The molecule has 7 nitrogen and oxygen atoms in total. The van der Waals surface area contributed by atoms with Gasteiger partial charge in [0.2, 0.25) is 5.91 Å². The van der Waals surface area contributed by atoms with Crippen molar-refractivity contribution in [2.75, 3.05) is 6.54 Å². The highest BCUT2D eigenvalue weighted by atomic mass is 79.9. The van der Waals surface area contributed by atoms with E-state index in [1.54, 1.807) is 6.07 Å². The summed E-state index contributed by atoms with van der Waals surface area (Å²) in [4.78, 5) is 33.2. The largest absolute Gasteiger partial charge is 0.480 e. The SMILES string of the molecule is C[C@H](NC(=O)CNC(=O)c1ccc(Br)o1)C(=O)O. The molecule has 0 unspecified atom stereocenters. The first-order chi connectivity index (χ1) is 8.40. The van der Waals surface area contributed by atoms with E-state index >= 15 is 0 Å². The molecule has 1 rings (SSSR count). The molecule has 1 aromatic rings. The fourth-order valence-corrected chi connectivity index (χ4v) is 1.34. The third-order valence-electron chi connectivity index (χ3n) is 1.95. The second kappa shape index (κ2) is 6.20. The minimum absolute atomic E-state index is 0.0564. The minimum Gasteiger partial charge on any atom is -0.480 e. The molecule has 0 saturated carbocycles. The second-order valence-corrected chi connectivity index (χ2v) is 4.20. The van der Waals surface area contributed by atoms with Crippen LogP contribution in [0.1, 0.15) is 17.5 Å². The highest BCUT2D eigenvalue weighted by Crippen LogP contribution is 2.13. The molecule has 0 bridgehead atoms. The summed E-state index contributed by atoms with van der Waals surface area (Å²) in [5, 5.41) is 13.1. The van der Waals surface area contributed by atoms with Crippen molar-refractivity contribution in [1.82, 2.24) is 10.6 Å². The van der Waals surface area contributed by atoms with Crippen molar-refractivity contribution in [3.63, 3.8) is 0 Å². The molecule has 0 fully saturated rings. The molecule has 3 N–H and O–H groups in total. The second-order valence-electron chi connectivity index (χ2n) is 3.41. The number of halogens is 1. The Labute approximate surface area is 111 Å². The Bertz CT molecular complexity index is 471. The summed E-state index contributed by atoms with van der Waals surface area (Å²) >= 11 is 3.04. The van der Waals surface area contributed by atoms with Crippen molar-refractivity contribution in [2.24, 2.45) is 0 Å². The normalized spacial score (nSPS) is 11.7. The number of carboxylic acids is 1. The predicted octanol–water partition coefficient (Wildman–Crippen LogP) is 0.361. The third-order valence-corrected chi connectivity index (χ3v) is 2.38. The third kappa shape index (κ3) is 4.21. The molecular formula is C10H11BrN2O5. The number of aliphatic carboxylic acids is 1. The number of carboxylic acid groups (broad SMARTS) is 1. The lowest BCUT2D eigenvalue weighted by Gasteiger charge is -2.09. The van der Waals surface area contributed by atoms with E-state index in [2.05, 4.69) is 26.6 Å². The Morgan fingerprint density at radius 3 is 2.61 bits per heavy atom. The van der Waals surface area contributed by atoms with Crippen LogP contribution < -0.4 is 10.6 Å². The van der Waals surface area contributed by atoms with Gasteiger partial charge in [-0.05, 0) is 35.0 Å². The summed E-state index contributed by atoms with van der Waals surface area (Å²) in [6.07, 6.45) is 0. The molecular weight excluding hydrogens is 308 g/mol. The van der Waals surface area contributed by atoms with Gasteiger partial charge >= 0.3 is 5.97 Å². The smallest absolute Gasteiger partial charge is 0.325 e. The van der Waals surface area contributed by atoms with Crippen molar-refractivity contribution in [3.8, 4) is 0 Å². The summed E-state index contributed by atoms with van der Waals surface area (Å²) in [6.45, 7) is 1.00. The summed E-state index contributed by atoms with van der Waals surface area (Å²) < 4.78 is 5.38. The highest BCUT2D eigenvalue weighted by molar-refractivity contribution is 9.10. The van der Waals surface area contributed by atoms with Crippen LogP contribution in [0.25, 0.3) is 0 Å². The molecule has 1 atom stereocenters. The van der Waals surface area contributed by atoms with Gasteiger partial charge in [0.25, 0.3) is 5.91 Å². The number of amides is 2. The summed E-state index contributed by atoms with van der Waals surface area (Å²) in [7, 11) is 0. The van der Waals surface area contributed by atoms with Crippen LogP contribution in [0.4, 0.5) is 0 Å². The van der Waals surface area contributed by atoms with Gasteiger partial charge in [-0.1, -0.05) is 0 Å². The van der Waals surface area contributed by atoms with Crippen molar-refractivity contribution < 1.29 is 23.9 Å². The van der Waals surface area contributed by atoms with E-state index in [1.807, 2.05) is 0 Å². The van der Waals surface area contributed by atoms with E-state index in [4.69, 9.17) is 9.52 Å². The maximum absolute atomic E-state index is 11.5. The van der Waals surface area contributed by atoms with Gasteiger partial charge in [0.15, 0.2) is 10.4 Å². The fraction of sp³-hybridized carbons (Fsp3) is 0.300. The van der Waals surface area contributed by atoms with Gasteiger partial charge in [0.05, 0.1) is 6.54 Å². The van der Waals surface area contributed by atoms with E-state index in [9.17, 15) is 14.4 Å². The molecule has 1 heterocycles. The molecule has 0 aliphatic rings. The quantitative estimate of drug-likeness (QED) is 0.726. The van der Waals surface area contributed by atoms with Crippen LogP contribution in [0.15, 0.2) is 21.2 Å². The number of hydrogen-bond acceptors (Lipinski definition) is 4. The molecule has 0 aromatic carbocycles. The summed E-state index contributed by atoms with van der Waals surface area (Å²) in [5.74, 6) is -2.24. The highest BCUT2D eigenvalue weighted by Gasteiger charge is 2.15. The molecule has 0 saturated heterocycles. The Kier molecular flexibility index (Phi) is 4.90. The van der Waals surface area contributed by atoms with Gasteiger partial charge in [-0.15, -0.1) is 0 Å². The van der Waals surface area contributed by atoms with E-state index in [0.29, 0.717) is 4.67 Å². The van der Waals surface area contributed by atoms with Crippen LogP contribution >= 0.6 is 15.9 Å². The van der Waals surface area contributed by atoms with Gasteiger partial charge in [-0.25, -0.2) is 0 Å². The van der Waals surface area contributed by atoms with E-state index in [1.165, 1.54) is 13.0 Å². The molecule has 1 aromatic heterocycles. The Morgan fingerprint density at radius 1 is 1.44 bits per heavy atom. The first-order valence-corrected chi connectivity index (χ1v) is 5.75. The first-order valence-electron chi connectivity index (χ1n) is 4.96. The lowest BCUT2D eigenvalue weighted by Crippen LogP contribution is -2.43. The van der Waals surface area contributed by atoms with E-state index in [0.717, 1.165) is 0 Å². The molecule has 0 aliphatic heterocycles. The number of rotatable bonds is 5. The van der Waals surface area contributed by atoms with Crippen molar-refractivity contribution >= 4 is 33.7 Å². The molecule has 18 heavy (non-hydrogen) atoms. The van der Waals surface area contributed by atoms with E-state index in [-0.39, 0.29) is 12.3 Å². The average Bonchev–Trinajstić information content (AvgIpc) is 2.72. The van der Waals surface area contributed by atoms with Crippen LogP contribution in [0, 0.1) is 0 Å². The Morgan fingerprint density at radius 2 is 2.11 bits per heavy atom. The summed E-state index contributed by atoms with van der Waals surface area (Å²) in [6, 6.07) is 1.98. The van der Waals surface area contributed by atoms with Crippen LogP contribution in [0.3, 0.4) is 0 Å². The molecule has 2 amide bonds. The zero-order chi connectivity index (χ0) is 13.7. The maximum atomic E-state index is 11.5. The van der Waals surface area contributed by atoms with Crippen LogP contribution in [-0.4, -0.2) is 35.5 Å². The van der Waals surface area contributed by atoms with Crippen LogP contribution in [0.5, 0.6) is 0 Å². The van der Waals surface area contributed by atoms with Crippen molar-refractivity contribution in [2.45, 2.75) is 13.0 Å². The number of carbonyl (C=O) groups excluding carboxylic acids is 2. The Hall–Kier alpha value is -1.83. The summed E-state index contributed by atoms with van der Waals surface area (Å²) in [5.41, 5.74) is 0. The van der Waals surface area contributed by atoms with Crippen molar-refractivity contribution in [3.05, 3.63) is 22.6 Å². The maximum Gasteiger partial charge on any atom is 0.325 e. The number of carbonyl (C=O) groups is 3. The Balaban J connectivity index is 2.39. The van der Waals surface area contributed by atoms with Crippen LogP contribution in [0.2, 0.25) is 0 Å². The number of furan rings is 1. The van der Waals surface area contributed by atoms with E-state index < -0.39 is 23.8 Å². The van der Waals surface area contributed by atoms with Crippen LogP contribution in [-0.2, 0) is 9.59 Å². The van der Waals surface area contributed by atoms with Gasteiger partial charge in [-0.3, -0.25) is 14.4 Å². The fourth-order valence-electron chi connectivity index (χ4n) is 1.04. The predicted molar refractivity (Wildman–Crippen MR) is 64.0 cm³/mol. The average molecular weight is 319 g/mol.